The average molecular weight is 1880 g/mol. The molecule has 9 N–H and O–H groups in total. The molecule has 0 unspecified atom stereocenters. The molecule has 344 valence electrons. The van der Waals surface area contributed by atoms with Gasteiger partial charge in [0.05, 0.1) is 0 Å². The Hall–Kier alpha value is 2.97. The second-order valence-electron chi connectivity index (χ2n) is 6.24. The van der Waals surface area contributed by atoms with Gasteiger partial charge in [0.2, 0.25) is 0 Å². The molecule has 0 radical (unpaired) electrons. The van der Waals surface area contributed by atoms with Crippen molar-refractivity contribution in [1.82, 2.24) is 0 Å². The molecule has 56 heavy (non-hydrogen) atoms. The summed E-state index contributed by atoms with van der Waals surface area (Å²) in [5.41, 5.74) is 0. The maximum absolute atomic E-state index is 12.8. The molecule has 0 aliphatic carbocycles. The Labute approximate surface area is 344 Å². The Morgan fingerprint density at radius 2 is 0.375 bits per heavy atom. The van der Waals surface area contributed by atoms with Crippen molar-refractivity contribution in [2.75, 3.05) is 0 Å². The minimum atomic E-state index is -8.79. The van der Waals surface area contributed by atoms with E-state index in [1.54, 1.807) is 0 Å². The maximum atomic E-state index is 12.8. The molecular formula is H9Mo12O43P. The van der Waals surface area contributed by atoms with Crippen molar-refractivity contribution < 1.29 is 343 Å². The molecule has 0 heterocycles. The molecule has 0 amide bonds. The predicted octanol–water partition coefficient (Wildman–Crippen LogP) is -7.10. The Balaban J connectivity index is -0.00000451. The molecule has 0 saturated heterocycles. The first-order chi connectivity index (χ1) is 22.5. The summed E-state index contributed by atoms with van der Waals surface area (Å²) in [6.07, 6.45) is 0. The Morgan fingerprint density at radius 3 is 0.518 bits per heavy atom. The van der Waals surface area contributed by atoms with Crippen LogP contribution in [0.5, 0.6) is 0 Å². The van der Waals surface area contributed by atoms with Crippen LogP contribution >= 0.6 is 7.82 Å². The summed E-state index contributed by atoms with van der Waals surface area (Å²) < 4.78 is 347. The third-order valence-electron chi connectivity index (χ3n) is 2.06. The summed E-state index contributed by atoms with van der Waals surface area (Å²) in [6, 6.07) is 0. The number of phosphoric acid groups is 1. The van der Waals surface area contributed by atoms with Crippen molar-refractivity contribution >= 4 is 7.82 Å². The van der Waals surface area contributed by atoms with Gasteiger partial charge in [-0.3, -0.25) is 0 Å². The topological polar surface area (TPSA) is 693 Å². The van der Waals surface area contributed by atoms with Gasteiger partial charge < -0.3 is 16.4 Å². The zero-order valence-electron chi connectivity index (χ0n) is 23.3. The van der Waals surface area contributed by atoms with Crippen LogP contribution in [0, 0.1) is 0 Å². The summed E-state index contributed by atoms with van der Waals surface area (Å²) in [6.45, 7) is 0. The van der Waals surface area contributed by atoms with E-state index in [0.29, 0.717) is 0 Å². The van der Waals surface area contributed by atoms with E-state index in [4.69, 9.17) is 11.3 Å². The van der Waals surface area contributed by atoms with Gasteiger partial charge in [-0.1, -0.05) is 0 Å². The fourth-order valence-corrected chi connectivity index (χ4v) is 60.4. The van der Waals surface area contributed by atoms with Crippen LogP contribution in [0.25, 0.3) is 0 Å². The van der Waals surface area contributed by atoms with Crippen molar-refractivity contribution in [3.63, 3.8) is 0 Å². The van der Waals surface area contributed by atoms with Crippen LogP contribution in [-0.4, -0.2) is 27.7 Å². The quantitative estimate of drug-likeness (QED) is 0.0597. The van der Waals surface area contributed by atoms with Crippen LogP contribution in [0.1, 0.15) is 0 Å². The summed E-state index contributed by atoms with van der Waals surface area (Å²) in [7, 11) is -7.91. The van der Waals surface area contributed by atoms with Gasteiger partial charge in [-0.15, -0.1) is 0 Å². The van der Waals surface area contributed by atoms with Crippen molar-refractivity contribution in [3.8, 4) is 0 Å². The van der Waals surface area contributed by atoms with E-state index in [1.165, 1.54) is 0 Å². The third-order valence-corrected chi connectivity index (χ3v) is 62.5. The van der Waals surface area contributed by atoms with E-state index in [1.807, 2.05) is 0 Å². The van der Waals surface area contributed by atoms with E-state index < -0.39 is 209 Å². The van der Waals surface area contributed by atoms with Crippen LogP contribution < -0.4 is 0 Å². The zero-order valence-corrected chi connectivity index (χ0v) is 48.3. The standard InChI is InChI=1S/12Mo.H3O4P.6H2O.33O/c;;;;;;;;;;;;1-5(2,3)4;;;;;;;;;;;;;;;;;;;;;;;;;;;;;;;;;;;;;;;/h;;;;;;;;;;;;(H3,1,2,3,4);6*1H2;;;;;;;;;;;;;;;;;;;;;;;;;;;;;;;;;/q;;;;;;6*+1;;;;;;;;;;;;;;;;;;;;;;;;;;;;;;;;;;;;;;;;/p-6. The first-order valence-corrected chi connectivity index (χ1v) is 49.8. The third kappa shape index (κ3) is 31.8. The SMILES string of the molecule is O.O.O.O=P([O][Mo](=[O])(=[O])[O][Mo](=[O])(=[O])[O][Mo](=[O])(=[O])[O][Mo](=[O])(=[O])[OH])([O][Mo](=[O])(=[O])[O][Mo](=[O])(=[O])[O][Mo](=[O])(=[O])[O][Mo](=[O])(=[O])[OH])[O][Mo](=[O])(=[O])[O][Mo](=[O])(=[O])[O][Mo](=[O])(=[O])[O][Mo](=[O])(=[O])[OH]. The Bertz CT molecular complexity index is 2510. The molecule has 0 rings (SSSR count). The molecule has 0 bridgehead atoms. The van der Waals surface area contributed by atoms with Crippen LogP contribution in [-0.2, 0) is 315 Å². The molecule has 43 nitrogen and oxygen atoms in total. The molecule has 0 spiro atoms. The zero-order chi connectivity index (χ0) is 43.0. The van der Waals surface area contributed by atoms with Crippen molar-refractivity contribution in [2.45, 2.75) is 0 Å². The van der Waals surface area contributed by atoms with Gasteiger partial charge >= 0.3 is 334 Å². The van der Waals surface area contributed by atoms with Crippen LogP contribution in [0.15, 0.2) is 0 Å². The van der Waals surface area contributed by atoms with Gasteiger partial charge in [-0.25, -0.2) is 0 Å². The minimum absolute atomic E-state index is 0. The van der Waals surface area contributed by atoms with Gasteiger partial charge in [0, 0.05) is 0 Å². The normalized spacial score (nSPS) is 14.8. The van der Waals surface area contributed by atoms with Crippen molar-refractivity contribution in [3.05, 3.63) is 0 Å². The molecular weight excluding hydrogens is 1870 g/mol. The van der Waals surface area contributed by atoms with E-state index >= 15 is 0 Å². The van der Waals surface area contributed by atoms with Gasteiger partial charge in [0.15, 0.2) is 0 Å². The summed E-state index contributed by atoms with van der Waals surface area (Å²) in [4.78, 5) is 0. The van der Waals surface area contributed by atoms with E-state index in [0.717, 1.165) is 0 Å². The second-order valence-corrected chi connectivity index (χ2v) is 56.1. The van der Waals surface area contributed by atoms with E-state index in [2.05, 4.69) is 27.9 Å². The van der Waals surface area contributed by atoms with Gasteiger partial charge in [-0.2, -0.15) is 0 Å². The van der Waals surface area contributed by atoms with Gasteiger partial charge in [0.25, 0.3) is 0 Å². The summed E-state index contributed by atoms with van der Waals surface area (Å²) >= 11 is -97.4. The van der Waals surface area contributed by atoms with Crippen molar-refractivity contribution in [2.24, 2.45) is 0 Å². The number of rotatable bonds is 24. The Kier molecular flexibility index (Phi) is 25.5. The molecule has 56 heteroatoms. The van der Waals surface area contributed by atoms with Crippen molar-refractivity contribution in [1.29, 1.82) is 0 Å². The predicted molar refractivity (Wildman–Crippen MR) is 54.6 cm³/mol. The molecule has 0 aliphatic rings. The number of hydrogen-bond donors (Lipinski definition) is 3. The van der Waals surface area contributed by atoms with Gasteiger partial charge in [-0.05, 0) is 0 Å². The molecule has 0 aliphatic heterocycles. The molecule has 0 aromatic heterocycles. The first-order valence-electron chi connectivity index (χ1n) is 8.78. The summed E-state index contributed by atoms with van der Waals surface area (Å²) in [5.74, 6) is 0. The first kappa shape index (κ1) is 65.6. The van der Waals surface area contributed by atoms with E-state index in [-0.39, 0.29) is 16.4 Å². The molecule has 0 aromatic carbocycles. The monoisotopic (exact) mass is 1900 g/mol. The second kappa shape index (κ2) is 21.8. The van der Waals surface area contributed by atoms with Crippen LogP contribution in [0.2, 0.25) is 0 Å². The van der Waals surface area contributed by atoms with E-state index in [9.17, 15) is 86.1 Å². The summed E-state index contributed by atoms with van der Waals surface area (Å²) in [5, 5.41) is 0. The number of hydrogen-bond acceptors (Lipinski definition) is 37. The van der Waals surface area contributed by atoms with Crippen LogP contribution in [0.4, 0.5) is 0 Å². The average Bonchev–Trinajstić information content (AvgIpc) is 2.58. The molecule has 0 atom stereocenters. The molecule has 0 fully saturated rings. The van der Waals surface area contributed by atoms with Crippen LogP contribution in [0.3, 0.4) is 0 Å². The van der Waals surface area contributed by atoms with Gasteiger partial charge in [0.1, 0.15) is 0 Å². The molecule has 0 saturated carbocycles. The Morgan fingerprint density at radius 1 is 0.250 bits per heavy atom. The fourth-order valence-electron chi connectivity index (χ4n) is 1.41. The molecule has 0 aromatic rings. The fraction of sp³-hybridized carbons (Fsp3) is 0.